The molecule has 0 aliphatic heterocycles. The number of esters is 3. The third-order valence-corrected chi connectivity index (χ3v) is 9.35. The van der Waals surface area contributed by atoms with Gasteiger partial charge >= 0.3 is 17.9 Å². The van der Waals surface area contributed by atoms with Crippen molar-refractivity contribution < 1.29 is 28.6 Å². The van der Waals surface area contributed by atoms with Crippen molar-refractivity contribution in [3.05, 3.63) is 122 Å². The molecule has 0 N–H and O–H groups in total. The van der Waals surface area contributed by atoms with Crippen LogP contribution in [0.4, 0.5) is 0 Å². The topological polar surface area (TPSA) is 78.9 Å². The normalized spacial score (nSPS) is 13.2. The minimum atomic E-state index is -0.813. The predicted molar refractivity (Wildman–Crippen MR) is 256 cm³/mol. The number of carbonyl (C=O) groups excluding carboxylic acids is 3. The van der Waals surface area contributed by atoms with Crippen molar-refractivity contribution in [2.45, 2.75) is 187 Å². The van der Waals surface area contributed by atoms with E-state index in [9.17, 15) is 14.4 Å². The number of hydrogen-bond acceptors (Lipinski definition) is 6. The van der Waals surface area contributed by atoms with Crippen LogP contribution in [-0.2, 0) is 28.6 Å². The van der Waals surface area contributed by atoms with Crippen molar-refractivity contribution >= 4 is 17.9 Å². The second kappa shape index (κ2) is 47.5. The van der Waals surface area contributed by atoms with Crippen LogP contribution in [0.2, 0.25) is 0 Å². The second-order valence-electron chi connectivity index (χ2n) is 15.0. The first-order valence-electron chi connectivity index (χ1n) is 23.6. The fraction of sp³-hybridized carbons (Fsp3) is 0.574. The summed E-state index contributed by atoms with van der Waals surface area (Å²) in [6.45, 7) is 6.16. The Labute approximate surface area is 367 Å². The van der Waals surface area contributed by atoms with Gasteiger partial charge in [-0.3, -0.25) is 14.4 Å². The summed E-state index contributed by atoms with van der Waals surface area (Å²) >= 11 is 0. The lowest BCUT2D eigenvalue weighted by Crippen LogP contribution is -2.30. The molecule has 0 heterocycles. The lowest BCUT2D eigenvalue weighted by molar-refractivity contribution is -0.167. The van der Waals surface area contributed by atoms with E-state index in [0.29, 0.717) is 12.8 Å². The molecule has 1 atom stereocenters. The predicted octanol–water partition coefficient (Wildman–Crippen LogP) is 15.4. The Bertz CT molecular complexity index is 1320. The van der Waals surface area contributed by atoms with E-state index in [1.165, 1.54) is 25.7 Å². The molecule has 0 aromatic heterocycles. The van der Waals surface area contributed by atoms with E-state index in [4.69, 9.17) is 14.2 Å². The number of ether oxygens (including phenoxy) is 3. The van der Waals surface area contributed by atoms with Gasteiger partial charge in [-0.05, 0) is 89.9 Å². The number of allylic oxidation sites excluding steroid dienone is 20. The maximum absolute atomic E-state index is 12.8. The fourth-order valence-electron chi connectivity index (χ4n) is 5.88. The van der Waals surface area contributed by atoms with Crippen molar-refractivity contribution in [2.75, 3.05) is 13.2 Å². The highest BCUT2D eigenvalue weighted by atomic mass is 16.6. The van der Waals surface area contributed by atoms with E-state index >= 15 is 0 Å². The molecule has 0 bridgehead atoms. The minimum absolute atomic E-state index is 0.111. The standard InChI is InChI=1S/C54H84O6/c1-4-7-10-13-16-19-22-25-27-30-32-35-38-41-44-47-53(56)59-50-51(49-58-52(55)46-43-40-37-34-31-28-24-21-18-15-12-9-6-3)60-54(57)48-45-42-39-36-33-29-26-23-20-17-14-11-8-5-2/h7-13,15-22,24,26,28-29,31,51H,4-6,14,23,25,27,30,32-50H2,1-3H3/b10-7-,11-8-,12-9-,16-13-,18-15-,20-17-,22-19-,24-21-,29-26-,31-28-. The zero-order valence-electron chi connectivity index (χ0n) is 38.2. The summed E-state index contributed by atoms with van der Waals surface area (Å²) in [5.41, 5.74) is 0. The first kappa shape index (κ1) is 55.8. The molecule has 60 heavy (non-hydrogen) atoms. The van der Waals surface area contributed by atoms with Crippen molar-refractivity contribution in [3.8, 4) is 0 Å². The van der Waals surface area contributed by atoms with Crippen molar-refractivity contribution in [2.24, 2.45) is 0 Å². The SMILES string of the molecule is CC\C=C/C=C\C=C/C=C\CCCCCC(=O)OCC(COC(=O)CCCCCCCCC\C=C/C=C\C=C/CC)OC(=O)CCCCCC/C=C\C/C=C\C/C=C\CC. The van der Waals surface area contributed by atoms with E-state index < -0.39 is 6.10 Å². The van der Waals surface area contributed by atoms with Gasteiger partial charge in [-0.2, -0.15) is 0 Å². The number of carbonyl (C=O) groups is 3. The van der Waals surface area contributed by atoms with Gasteiger partial charge in [-0.15, -0.1) is 0 Å². The quantitative estimate of drug-likeness (QED) is 0.0201. The van der Waals surface area contributed by atoms with E-state index in [2.05, 4.69) is 106 Å². The van der Waals surface area contributed by atoms with Gasteiger partial charge in [0.25, 0.3) is 0 Å². The van der Waals surface area contributed by atoms with E-state index in [0.717, 1.165) is 116 Å². The van der Waals surface area contributed by atoms with Crippen LogP contribution in [0.5, 0.6) is 0 Å². The molecule has 6 nitrogen and oxygen atoms in total. The third-order valence-electron chi connectivity index (χ3n) is 9.35. The first-order chi connectivity index (χ1) is 29.5. The molecule has 0 spiro atoms. The van der Waals surface area contributed by atoms with Crippen molar-refractivity contribution in [1.29, 1.82) is 0 Å². The van der Waals surface area contributed by atoms with Gasteiger partial charge in [0.1, 0.15) is 13.2 Å². The highest BCUT2D eigenvalue weighted by Crippen LogP contribution is 2.13. The molecule has 0 radical (unpaired) electrons. The first-order valence-corrected chi connectivity index (χ1v) is 23.6. The fourth-order valence-corrected chi connectivity index (χ4v) is 5.88. The van der Waals surface area contributed by atoms with Crippen LogP contribution >= 0.6 is 0 Å². The zero-order chi connectivity index (χ0) is 43.7. The van der Waals surface area contributed by atoms with Crippen LogP contribution in [0.15, 0.2) is 122 Å². The Morgan fingerprint density at radius 3 is 1.15 bits per heavy atom. The molecule has 0 rings (SSSR count). The summed E-state index contributed by atoms with van der Waals surface area (Å²) in [4.78, 5) is 37.9. The molecular weight excluding hydrogens is 745 g/mol. The summed E-state index contributed by atoms with van der Waals surface area (Å²) < 4.78 is 16.7. The Morgan fingerprint density at radius 1 is 0.350 bits per heavy atom. The molecule has 0 saturated heterocycles. The lowest BCUT2D eigenvalue weighted by Gasteiger charge is -2.18. The Balaban J connectivity index is 4.53. The van der Waals surface area contributed by atoms with Gasteiger partial charge in [0.2, 0.25) is 0 Å². The van der Waals surface area contributed by atoms with Crippen LogP contribution in [-0.4, -0.2) is 37.2 Å². The van der Waals surface area contributed by atoms with Gasteiger partial charge in [0.15, 0.2) is 6.10 Å². The molecule has 0 aromatic rings. The molecule has 0 fully saturated rings. The maximum atomic E-state index is 12.8. The molecule has 0 aliphatic rings. The lowest BCUT2D eigenvalue weighted by atomic mass is 10.1. The zero-order valence-corrected chi connectivity index (χ0v) is 38.2. The van der Waals surface area contributed by atoms with Crippen molar-refractivity contribution in [1.82, 2.24) is 0 Å². The minimum Gasteiger partial charge on any atom is -0.462 e. The molecule has 0 saturated carbocycles. The summed E-state index contributed by atoms with van der Waals surface area (Å²) in [6.07, 6.45) is 64.6. The van der Waals surface area contributed by atoms with Gasteiger partial charge in [0.05, 0.1) is 0 Å². The third kappa shape index (κ3) is 44.9. The molecule has 6 heteroatoms. The average Bonchev–Trinajstić information content (AvgIpc) is 3.24. The molecule has 0 aromatic carbocycles. The van der Waals surface area contributed by atoms with Gasteiger partial charge in [-0.1, -0.05) is 194 Å². The highest BCUT2D eigenvalue weighted by molar-refractivity contribution is 5.71. The molecular formula is C54H84O6. The average molecular weight is 829 g/mol. The maximum Gasteiger partial charge on any atom is 0.306 e. The largest absolute Gasteiger partial charge is 0.462 e. The summed E-state index contributed by atoms with van der Waals surface area (Å²) in [5, 5.41) is 0. The van der Waals surface area contributed by atoms with Crippen LogP contribution in [0.1, 0.15) is 181 Å². The van der Waals surface area contributed by atoms with E-state index in [1.807, 2.05) is 36.5 Å². The second-order valence-corrected chi connectivity index (χ2v) is 15.0. The Kier molecular flexibility index (Phi) is 44.2. The monoisotopic (exact) mass is 829 g/mol. The van der Waals surface area contributed by atoms with Crippen LogP contribution in [0.3, 0.4) is 0 Å². The van der Waals surface area contributed by atoms with Crippen LogP contribution < -0.4 is 0 Å². The molecule has 336 valence electrons. The summed E-state index contributed by atoms with van der Waals surface area (Å²) in [6, 6.07) is 0. The molecule has 0 aliphatic carbocycles. The number of hydrogen-bond donors (Lipinski definition) is 0. The van der Waals surface area contributed by atoms with Crippen LogP contribution in [0, 0.1) is 0 Å². The van der Waals surface area contributed by atoms with Gasteiger partial charge in [-0.25, -0.2) is 0 Å². The Morgan fingerprint density at radius 2 is 0.683 bits per heavy atom. The molecule has 1 unspecified atom stereocenters. The molecule has 0 amide bonds. The number of rotatable bonds is 40. The van der Waals surface area contributed by atoms with Gasteiger partial charge in [0, 0.05) is 19.3 Å². The summed E-state index contributed by atoms with van der Waals surface area (Å²) in [7, 11) is 0. The Hall–Kier alpha value is -4.19. The highest BCUT2D eigenvalue weighted by Gasteiger charge is 2.19. The smallest absolute Gasteiger partial charge is 0.306 e. The summed E-state index contributed by atoms with van der Waals surface area (Å²) in [5.74, 6) is -0.997. The van der Waals surface area contributed by atoms with E-state index in [-0.39, 0.29) is 37.5 Å². The van der Waals surface area contributed by atoms with Crippen LogP contribution in [0.25, 0.3) is 0 Å². The van der Waals surface area contributed by atoms with Crippen molar-refractivity contribution in [3.63, 3.8) is 0 Å². The number of unbranched alkanes of at least 4 members (excludes halogenated alkanes) is 14. The van der Waals surface area contributed by atoms with E-state index in [1.54, 1.807) is 0 Å². The van der Waals surface area contributed by atoms with Gasteiger partial charge < -0.3 is 14.2 Å².